The molecule has 0 radical (unpaired) electrons. The first-order valence-corrected chi connectivity index (χ1v) is 9.37. The van der Waals surface area contributed by atoms with Crippen LogP contribution in [-0.2, 0) is 6.54 Å². The first kappa shape index (κ1) is 18.5. The lowest BCUT2D eigenvalue weighted by molar-refractivity contribution is 0.0779. The van der Waals surface area contributed by atoms with Crippen LogP contribution in [0.1, 0.15) is 28.2 Å². The van der Waals surface area contributed by atoms with Gasteiger partial charge in [0, 0.05) is 51.2 Å². The summed E-state index contributed by atoms with van der Waals surface area (Å²) in [4.78, 5) is 37.5. The van der Waals surface area contributed by atoms with E-state index < -0.39 is 0 Å². The number of hydrogen-bond donors (Lipinski definition) is 1. The summed E-state index contributed by atoms with van der Waals surface area (Å²) in [5, 5.41) is 1.82. The molecule has 1 aliphatic heterocycles. The first-order chi connectivity index (χ1) is 12.3. The first-order valence-electron chi connectivity index (χ1n) is 8.53. The zero-order valence-corrected chi connectivity index (χ0v) is 16.3. The number of nitrogens with zero attached hydrogens (tertiary/aromatic N) is 5. The molecule has 0 aromatic carbocycles. The minimum atomic E-state index is -0.157. The normalized spacial score (nSPS) is 17.1. The number of amides is 1. The van der Waals surface area contributed by atoms with Crippen LogP contribution < -0.4 is 10.5 Å². The quantitative estimate of drug-likeness (QED) is 0.836. The van der Waals surface area contributed by atoms with Crippen molar-refractivity contribution < 1.29 is 4.79 Å². The molecule has 0 saturated carbocycles. The molecule has 1 saturated heterocycles. The molecule has 3 heterocycles. The summed E-state index contributed by atoms with van der Waals surface area (Å²) < 4.78 is 4.19. The molecule has 1 N–H and O–H groups in total. The van der Waals surface area contributed by atoms with Gasteiger partial charge in [0.05, 0.1) is 17.0 Å². The van der Waals surface area contributed by atoms with Crippen LogP contribution in [0.3, 0.4) is 0 Å². The second-order valence-electron chi connectivity index (χ2n) is 6.88. The summed E-state index contributed by atoms with van der Waals surface area (Å²) in [6.07, 6.45) is 0.905. The number of nitrogens with one attached hydrogen (secondary N) is 1. The maximum absolute atomic E-state index is 12.6. The number of carbonyl (C=O) groups excluding carboxylic acids is 1. The monoisotopic (exact) mass is 376 g/mol. The lowest BCUT2D eigenvalue weighted by atomic mass is 10.2. The maximum Gasteiger partial charge on any atom is 0.256 e. The summed E-state index contributed by atoms with van der Waals surface area (Å²) in [7, 11) is 5.69. The predicted molar refractivity (Wildman–Crippen MR) is 102 cm³/mol. The fourth-order valence-corrected chi connectivity index (χ4v) is 3.81. The van der Waals surface area contributed by atoms with Gasteiger partial charge in [-0.1, -0.05) is 0 Å². The van der Waals surface area contributed by atoms with E-state index in [1.807, 2.05) is 38.3 Å². The molecule has 26 heavy (non-hydrogen) atoms. The summed E-state index contributed by atoms with van der Waals surface area (Å²) in [6, 6.07) is 1.77. The Balaban J connectivity index is 1.65. The number of aryl methyl sites for hydroxylation is 1. The van der Waals surface area contributed by atoms with Crippen LogP contribution in [0.25, 0.3) is 0 Å². The van der Waals surface area contributed by atoms with Gasteiger partial charge in [-0.15, -0.1) is 0 Å². The lowest BCUT2D eigenvalue weighted by Crippen LogP contribution is -2.36. The average molecular weight is 376 g/mol. The Hall–Kier alpha value is -2.26. The van der Waals surface area contributed by atoms with Gasteiger partial charge < -0.3 is 9.80 Å². The van der Waals surface area contributed by atoms with Crippen molar-refractivity contribution in [1.82, 2.24) is 24.1 Å². The fraction of sp³-hybridized carbons (Fsp3) is 0.529. The molecule has 0 bridgehead atoms. The largest absolute Gasteiger partial charge is 0.348 e. The van der Waals surface area contributed by atoms with Crippen LogP contribution in [0.4, 0.5) is 5.95 Å². The van der Waals surface area contributed by atoms with E-state index >= 15 is 0 Å². The fourth-order valence-electron chi connectivity index (χ4n) is 3.13. The second kappa shape index (κ2) is 7.55. The minimum Gasteiger partial charge on any atom is -0.348 e. The van der Waals surface area contributed by atoms with Crippen molar-refractivity contribution in [2.24, 2.45) is 0 Å². The third-order valence-corrected chi connectivity index (χ3v) is 5.39. The Morgan fingerprint density at radius 1 is 1.42 bits per heavy atom. The molecule has 2 aromatic heterocycles. The lowest BCUT2D eigenvalue weighted by Gasteiger charge is -2.24. The molecule has 1 aliphatic rings. The van der Waals surface area contributed by atoms with Crippen molar-refractivity contribution in [1.29, 1.82) is 0 Å². The molecule has 0 aliphatic carbocycles. The highest BCUT2D eigenvalue weighted by molar-refractivity contribution is 7.03. The van der Waals surface area contributed by atoms with Crippen LogP contribution >= 0.6 is 11.5 Å². The molecule has 2 aromatic rings. The van der Waals surface area contributed by atoms with Crippen LogP contribution in [-0.4, -0.2) is 70.3 Å². The van der Waals surface area contributed by atoms with E-state index in [0.29, 0.717) is 24.6 Å². The minimum absolute atomic E-state index is 0.0522. The highest BCUT2D eigenvalue weighted by Gasteiger charge is 2.30. The number of hydrogen-bond acceptors (Lipinski definition) is 7. The highest BCUT2D eigenvalue weighted by atomic mass is 32.1. The van der Waals surface area contributed by atoms with Crippen molar-refractivity contribution in [2.75, 3.05) is 39.1 Å². The zero-order valence-electron chi connectivity index (χ0n) is 15.5. The SMILES string of the molecule is Cc1nscc1C(=O)N1CCC(N(C)Cc2cc(=O)[nH]c(N(C)C)n2)C1. The van der Waals surface area contributed by atoms with E-state index in [-0.39, 0.29) is 17.5 Å². The van der Waals surface area contributed by atoms with Gasteiger partial charge in [0.25, 0.3) is 11.5 Å². The topological polar surface area (TPSA) is 85.4 Å². The standard InChI is InChI=1S/C17H24N6O2S/c1-11-14(10-26-20-11)16(25)23-6-5-13(9-23)22(4)8-12-7-15(24)19-17(18-12)21(2)3/h7,10,13H,5-6,8-9H2,1-4H3,(H,18,19,24). The Kier molecular flexibility index (Phi) is 5.38. The van der Waals surface area contributed by atoms with Gasteiger partial charge in [0.2, 0.25) is 5.95 Å². The molecule has 1 unspecified atom stereocenters. The number of aromatic nitrogens is 3. The Morgan fingerprint density at radius 2 is 2.19 bits per heavy atom. The van der Waals surface area contributed by atoms with E-state index in [2.05, 4.69) is 19.2 Å². The predicted octanol–water partition coefficient (Wildman–Crippen LogP) is 0.947. The van der Waals surface area contributed by atoms with E-state index in [1.54, 1.807) is 4.90 Å². The van der Waals surface area contributed by atoms with Gasteiger partial charge in [-0.3, -0.25) is 19.5 Å². The van der Waals surface area contributed by atoms with Gasteiger partial charge in [-0.25, -0.2) is 4.98 Å². The second-order valence-corrected chi connectivity index (χ2v) is 7.51. The molecular formula is C17H24N6O2S. The number of rotatable bonds is 5. The number of carbonyl (C=O) groups is 1. The number of likely N-dealkylation sites (tertiary alicyclic amines) is 1. The molecule has 140 valence electrons. The van der Waals surface area contributed by atoms with Gasteiger partial charge in [0.1, 0.15) is 0 Å². The van der Waals surface area contributed by atoms with E-state index in [9.17, 15) is 9.59 Å². The highest BCUT2D eigenvalue weighted by Crippen LogP contribution is 2.20. The Bertz CT molecular complexity index is 846. The summed E-state index contributed by atoms with van der Waals surface area (Å²) >= 11 is 1.31. The maximum atomic E-state index is 12.6. The molecule has 9 heteroatoms. The van der Waals surface area contributed by atoms with Crippen molar-refractivity contribution in [3.63, 3.8) is 0 Å². The number of likely N-dealkylation sites (N-methyl/N-ethyl adjacent to an activating group) is 1. The molecule has 3 rings (SSSR count). The summed E-state index contributed by atoms with van der Waals surface area (Å²) in [5.41, 5.74) is 2.06. The van der Waals surface area contributed by atoms with Crippen LogP contribution in [0, 0.1) is 6.92 Å². The van der Waals surface area contributed by atoms with E-state index in [4.69, 9.17) is 0 Å². The average Bonchev–Trinajstić information content (AvgIpc) is 3.22. The van der Waals surface area contributed by atoms with Crippen molar-refractivity contribution in [2.45, 2.75) is 25.9 Å². The van der Waals surface area contributed by atoms with Crippen molar-refractivity contribution >= 4 is 23.4 Å². The number of anilines is 1. The van der Waals surface area contributed by atoms with Crippen LogP contribution in [0.5, 0.6) is 0 Å². The molecular weight excluding hydrogens is 352 g/mol. The molecule has 0 spiro atoms. The summed E-state index contributed by atoms with van der Waals surface area (Å²) in [5.74, 6) is 0.598. The number of aromatic amines is 1. The zero-order chi connectivity index (χ0) is 18.8. The van der Waals surface area contributed by atoms with Crippen molar-refractivity contribution in [3.8, 4) is 0 Å². The number of H-pyrrole nitrogens is 1. The van der Waals surface area contributed by atoms with Crippen molar-refractivity contribution in [3.05, 3.63) is 38.8 Å². The van der Waals surface area contributed by atoms with Crippen LogP contribution in [0.15, 0.2) is 16.2 Å². The molecule has 1 fully saturated rings. The van der Waals surface area contributed by atoms with Crippen LogP contribution in [0.2, 0.25) is 0 Å². The molecule has 1 amide bonds. The molecule has 1 atom stereocenters. The van der Waals surface area contributed by atoms with Gasteiger partial charge in [0.15, 0.2) is 0 Å². The smallest absolute Gasteiger partial charge is 0.256 e. The van der Waals surface area contributed by atoms with Gasteiger partial charge >= 0.3 is 0 Å². The third-order valence-electron chi connectivity index (χ3n) is 4.67. The van der Waals surface area contributed by atoms with Gasteiger partial charge in [-0.2, -0.15) is 4.37 Å². The Labute approximate surface area is 156 Å². The third kappa shape index (κ3) is 3.94. The summed E-state index contributed by atoms with van der Waals surface area (Å²) in [6.45, 7) is 3.84. The Morgan fingerprint density at radius 3 is 2.85 bits per heavy atom. The van der Waals surface area contributed by atoms with Gasteiger partial charge in [-0.05, 0) is 31.9 Å². The van der Waals surface area contributed by atoms with E-state index in [1.165, 1.54) is 17.6 Å². The van der Waals surface area contributed by atoms with E-state index in [0.717, 1.165) is 24.4 Å². The molecule has 8 nitrogen and oxygen atoms in total.